The molecule has 0 fully saturated rings. The Kier molecular flexibility index (Phi) is 8.87. The highest BCUT2D eigenvalue weighted by Gasteiger charge is 2.41. The molecule has 0 saturated heterocycles. The van der Waals surface area contributed by atoms with E-state index in [2.05, 4.69) is 264 Å². The molecule has 0 aliphatic rings. The van der Waals surface area contributed by atoms with Crippen LogP contribution in [-0.2, 0) is 0 Å². The molecule has 296 valence electrons. The van der Waals surface area contributed by atoms with Crippen molar-refractivity contribution in [2.45, 2.75) is 0 Å². The fraction of sp³-hybridized carbons (Fsp3) is 0. The number of aromatic nitrogens is 2. The number of hydrogen-bond donors (Lipinski definition) is 0. The van der Waals surface area contributed by atoms with Crippen molar-refractivity contribution in [1.29, 1.82) is 0 Å². The molecule has 0 N–H and O–H groups in total. The summed E-state index contributed by atoms with van der Waals surface area (Å²) < 4.78 is 5.00. The molecule has 0 unspecified atom stereocenters. The molecule has 0 radical (unpaired) electrons. The highest BCUT2D eigenvalue weighted by atomic mass is 28.3. The van der Waals surface area contributed by atoms with Crippen molar-refractivity contribution < 1.29 is 0 Å². The molecule has 0 spiro atoms. The molecule has 3 heteroatoms. The molecular weight excluding hydrogens is 777 g/mol. The molecule has 12 rings (SSSR count). The fourth-order valence-electron chi connectivity index (χ4n) is 10.3. The van der Waals surface area contributed by atoms with Crippen molar-refractivity contribution in [3.8, 4) is 33.6 Å². The van der Waals surface area contributed by atoms with Crippen LogP contribution in [0, 0.1) is 0 Å². The Labute approximate surface area is 368 Å². The predicted molar refractivity (Wildman–Crippen MR) is 270 cm³/mol. The van der Waals surface area contributed by atoms with E-state index in [1.807, 2.05) is 0 Å². The molecule has 0 atom stereocenters. The van der Waals surface area contributed by atoms with Crippen molar-refractivity contribution in [1.82, 2.24) is 9.13 Å². The first-order chi connectivity index (χ1) is 31.3. The summed E-state index contributed by atoms with van der Waals surface area (Å²) in [6.07, 6.45) is 0. The van der Waals surface area contributed by atoms with E-state index in [1.54, 1.807) is 0 Å². The average Bonchev–Trinajstić information content (AvgIpc) is 3.88. The molecule has 10 aromatic carbocycles. The van der Waals surface area contributed by atoms with E-state index >= 15 is 0 Å². The van der Waals surface area contributed by atoms with E-state index in [0.717, 1.165) is 11.4 Å². The first-order valence-electron chi connectivity index (χ1n) is 21.8. The van der Waals surface area contributed by atoms with Gasteiger partial charge in [-0.1, -0.05) is 218 Å². The number of hydrogen-bond acceptors (Lipinski definition) is 0. The van der Waals surface area contributed by atoms with Gasteiger partial charge in [-0.25, -0.2) is 0 Å². The number of para-hydroxylation sites is 2. The van der Waals surface area contributed by atoms with Gasteiger partial charge in [-0.15, -0.1) is 0 Å². The topological polar surface area (TPSA) is 9.86 Å². The smallest absolute Gasteiger partial charge is 0.179 e. The summed E-state index contributed by atoms with van der Waals surface area (Å²) in [6.45, 7) is 0. The second-order valence-electron chi connectivity index (χ2n) is 16.5. The van der Waals surface area contributed by atoms with E-state index in [0.29, 0.717) is 0 Å². The second kappa shape index (κ2) is 15.2. The molecule has 2 aromatic heterocycles. The van der Waals surface area contributed by atoms with Gasteiger partial charge in [0.1, 0.15) is 0 Å². The van der Waals surface area contributed by atoms with Gasteiger partial charge in [0.25, 0.3) is 0 Å². The van der Waals surface area contributed by atoms with E-state index < -0.39 is 8.07 Å². The van der Waals surface area contributed by atoms with Crippen LogP contribution in [-0.4, -0.2) is 17.2 Å². The van der Waals surface area contributed by atoms with Crippen molar-refractivity contribution in [2.75, 3.05) is 0 Å². The molecule has 12 aromatic rings. The van der Waals surface area contributed by atoms with Crippen molar-refractivity contribution in [3.63, 3.8) is 0 Å². The Balaban J connectivity index is 1.17. The van der Waals surface area contributed by atoms with Crippen molar-refractivity contribution in [3.05, 3.63) is 255 Å². The first-order valence-corrected chi connectivity index (χ1v) is 23.8. The third-order valence-corrected chi connectivity index (χ3v) is 17.8. The standard InChI is InChI=1S/C60H42N2Si/c1-6-19-43(20-7-1)44-33-35-46(36-34-44)61-57-32-17-16-29-53(57)54-39-37-47(41-58(54)61)62-59-42-51(38-40-55(59)56-31-18-30-52(60(56)62)45-21-8-2-9-22-45)63(48-23-10-3-11-24-48,49-25-12-4-13-26-49)50-27-14-5-15-28-50/h1-42H. The molecular formula is C60H42N2Si. The normalized spacial score (nSPS) is 11.8. The maximum absolute atomic E-state index is 2.83. The lowest BCUT2D eigenvalue weighted by Crippen LogP contribution is -2.74. The van der Waals surface area contributed by atoms with Gasteiger partial charge in [-0.05, 0) is 73.8 Å². The van der Waals surface area contributed by atoms with Gasteiger partial charge in [0.2, 0.25) is 0 Å². The minimum absolute atomic E-state index is 1.12. The maximum Gasteiger partial charge on any atom is 0.179 e. The minimum Gasteiger partial charge on any atom is -0.309 e. The Bertz CT molecular complexity index is 3480. The third-order valence-electron chi connectivity index (χ3n) is 13.1. The second-order valence-corrected chi connectivity index (χ2v) is 20.3. The van der Waals surface area contributed by atoms with E-state index in [4.69, 9.17) is 0 Å². The minimum atomic E-state index is -2.83. The van der Waals surface area contributed by atoms with Gasteiger partial charge in [0.05, 0.1) is 22.1 Å². The number of rotatable bonds is 8. The molecule has 0 aliphatic heterocycles. The molecule has 0 aliphatic carbocycles. The molecule has 2 nitrogen and oxygen atoms in total. The highest BCUT2D eigenvalue weighted by Crippen LogP contribution is 2.40. The quantitative estimate of drug-likeness (QED) is 0.107. The summed E-state index contributed by atoms with van der Waals surface area (Å²) in [6, 6.07) is 94.3. The molecule has 0 saturated carbocycles. The summed E-state index contributed by atoms with van der Waals surface area (Å²) >= 11 is 0. The van der Waals surface area contributed by atoms with Gasteiger partial charge < -0.3 is 9.13 Å². The Morgan fingerprint density at radius 3 is 1.35 bits per heavy atom. The molecule has 0 amide bonds. The maximum atomic E-state index is 2.55. The lowest BCUT2D eigenvalue weighted by atomic mass is 10.0. The van der Waals surface area contributed by atoms with Crippen LogP contribution in [0.25, 0.3) is 77.2 Å². The molecule has 0 bridgehead atoms. The van der Waals surface area contributed by atoms with Crippen LogP contribution in [0.15, 0.2) is 255 Å². The highest BCUT2D eigenvalue weighted by molar-refractivity contribution is 7.20. The van der Waals surface area contributed by atoms with E-state index in [9.17, 15) is 0 Å². The first kappa shape index (κ1) is 36.8. The predicted octanol–water partition coefficient (Wildman–Crippen LogP) is 12.6. The monoisotopic (exact) mass is 818 g/mol. The fourth-order valence-corrected chi connectivity index (χ4v) is 15.1. The Morgan fingerprint density at radius 2 is 0.714 bits per heavy atom. The Morgan fingerprint density at radius 1 is 0.254 bits per heavy atom. The largest absolute Gasteiger partial charge is 0.309 e. The van der Waals surface area contributed by atoms with Crippen LogP contribution in [0.5, 0.6) is 0 Å². The number of fused-ring (bicyclic) bond motifs is 6. The summed E-state index contributed by atoms with van der Waals surface area (Å²) in [5.41, 5.74) is 11.8. The number of nitrogens with zero attached hydrogens (tertiary/aromatic N) is 2. The van der Waals surface area contributed by atoms with Gasteiger partial charge in [0, 0.05) is 38.5 Å². The zero-order valence-corrected chi connectivity index (χ0v) is 35.6. The van der Waals surface area contributed by atoms with Crippen LogP contribution in [0.3, 0.4) is 0 Å². The molecule has 2 heterocycles. The lowest BCUT2D eigenvalue weighted by molar-refractivity contribution is 1.16. The number of benzene rings is 10. The van der Waals surface area contributed by atoms with Gasteiger partial charge in [0.15, 0.2) is 8.07 Å². The SMILES string of the molecule is c1ccc(-c2ccc(-n3c4ccccc4c4ccc(-n5c6cc([Si](c7ccccc7)(c7ccccc7)c7ccccc7)ccc6c6cccc(-c7ccccc7)c65)cc43)cc2)cc1. The van der Waals surface area contributed by atoms with E-state index in [1.165, 1.54) is 86.6 Å². The van der Waals surface area contributed by atoms with Crippen LogP contribution >= 0.6 is 0 Å². The summed E-state index contributed by atoms with van der Waals surface area (Å²) in [4.78, 5) is 0. The average molecular weight is 819 g/mol. The zero-order chi connectivity index (χ0) is 41.7. The van der Waals surface area contributed by atoms with Crippen molar-refractivity contribution in [2.24, 2.45) is 0 Å². The summed E-state index contributed by atoms with van der Waals surface area (Å²) in [7, 11) is -2.83. The van der Waals surface area contributed by atoms with Crippen LogP contribution in [0.2, 0.25) is 0 Å². The van der Waals surface area contributed by atoms with Crippen LogP contribution in [0.1, 0.15) is 0 Å². The van der Waals surface area contributed by atoms with Gasteiger partial charge >= 0.3 is 0 Å². The third kappa shape index (κ3) is 5.93. The summed E-state index contributed by atoms with van der Waals surface area (Å²) in [5.74, 6) is 0. The molecule has 63 heavy (non-hydrogen) atoms. The summed E-state index contributed by atoms with van der Waals surface area (Å²) in [5, 5.41) is 10.4. The van der Waals surface area contributed by atoms with Crippen LogP contribution < -0.4 is 20.7 Å². The van der Waals surface area contributed by atoms with Crippen LogP contribution in [0.4, 0.5) is 0 Å². The van der Waals surface area contributed by atoms with Gasteiger partial charge in [-0.2, -0.15) is 0 Å². The van der Waals surface area contributed by atoms with Gasteiger partial charge in [-0.3, -0.25) is 0 Å². The van der Waals surface area contributed by atoms with E-state index in [-0.39, 0.29) is 0 Å². The lowest BCUT2D eigenvalue weighted by Gasteiger charge is -2.34. The van der Waals surface area contributed by atoms with Crippen molar-refractivity contribution >= 4 is 72.4 Å². The zero-order valence-electron chi connectivity index (χ0n) is 34.6. The Hall–Kier alpha value is -7.98.